The van der Waals surface area contributed by atoms with Gasteiger partial charge in [0.25, 0.3) is 4.82 Å². The van der Waals surface area contributed by atoms with Crippen LogP contribution in [0, 0.1) is 0 Å². The molecule has 2 aromatic rings. The Balaban J connectivity index is 2.11. The Morgan fingerprint density at radius 1 is 0.941 bits per heavy atom. The third-order valence-electron chi connectivity index (χ3n) is 2.49. The summed E-state index contributed by atoms with van der Waals surface area (Å²) >= 11 is 2.83. The first-order valence-electron chi connectivity index (χ1n) is 5.33. The van der Waals surface area contributed by atoms with E-state index in [4.69, 9.17) is 0 Å². The Morgan fingerprint density at radius 3 is 2.12 bits per heavy atom. The zero-order chi connectivity index (χ0) is 12.1. The molecule has 2 rings (SSSR count). The van der Waals surface area contributed by atoms with Crippen molar-refractivity contribution in [3.63, 3.8) is 0 Å². The van der Waals surface area contributed by atoms with Gasteiger partial charge in [-0.3, -0.25) is 4.79 Å². The van der Waals surface area contributed by atoms with Crippen molar-refractivity contribution in [3.05, 3.63) is 60.2 Å². The van der Waals surface area contributed by atoms with Gasteiger partial charge in [0, 0.05) is 22.5 Å². The Labute approximate surface area is 109 Å². The SMILES string of the molecule is O=C(Br)NCc1ccc(-c2ccccc2)cc1. The zero-order valence-electron chi connectivity index (χ0n) is 9.19. The fourth-order valence-corrected chi connectivity index (χ4v) is 1.76. The van der Waals surface area contributed by atoms with E-state index in [2.05, 4.69) is 45.5 Å². The van der Waals surface area contributed by atoms with E-state index in [0.717, 1.165) is 5.56 Å². The number of carbonyl (C=O) groups excluding carboxylic acids is 1. The fraction of sp³-hybridized carbons (Fsp3) is 0.0714. The molecule has 0 aromatic heterocycles. The maximum Gasteiger partial charge on any atom is 0.287 e. The second-order valence-electron chi connectivity index (χ2n) is 3.69. The third kappa shape index (κ3) is 3.43. The van der Waals surface area contributed by atoms with Crippen LogP contribution in [-0.4, -0.2) is 4.82 Å². The molecule has 0 bridgehead atoms. The summed E-state index contributed by atoms with van der Waals surface area (Å²) in [4.78, 5) is 10.5. The van der Waals surface area contributed by atoms with Crippen molar-refractivity contribution in [2.75, 3.05) is 0 Å². The average molecular weight is 290 g/mol. The maximum absolute atomic E-state index is 10.7. The average Bonchev–Trinajstić information content (AvgIpc) is 2.38. The van der Waals surface area contributed by atoms with Crippen molar-refractivity contribution < 1.29 is 4.79 Å². The normalized spacial score (nSPS) is 9.94. The van der Waals surface area contributed by atoms with Gasteiger partial charge >= 0.3 is 0 Å². The first-order chi connectivity index (χ1) is 8.25. The predicted octanol–water partition coefficient (Wildman–Crippen LogP) is 3.96. The van der Waals surface area contributed by atoms with Crippen LogP contribution in [0.2, 0.25) is 0 Å². The standard InChI is InChI=1S/C14H12BrNO/c15-14(17)16-10-11-6-8-13(9-7-11)12-4-2-1-3-5-12/h1-9H,10H2,(H,16,17). The quantitative estimate of drug-likeness (QED) is 0.673. The van der Waals surface area contributed by atoms with Crippen LogP contribution in [-0.2, 0) is 6.54 Å². The predicted molar refractivity (Wildman–Crippen MR) is 73.0 cm³/mol. The largest absolute Gasteiger partial charge is 0.343 e. The number of halogens is 1. The second kappa shape index (κ2) is 5.64. The van der Waals surface area contributed by atoms with E-state index in [1.807, 2.05) is 30.3 Å². The summed E-state index contributed by atoms with van der Waals surface area (Å²) in [5.41, 5.74) is 3.46. The number of rotatable bonds is 3. The molecule has 0 spiro atoms. The smallest absolute Gasteiger partial charge is 0.287 e. The fourth-order valence-electron chi connectivity index (χ4n) is 1.62. The Bertz CT molecular complexity index is 493. The van der Waals surface area contributed by atoms with Crippen LogP contribution in [0.3, 0.4) is 0 Å². The molecule has 1 N–H and O–H groups in total. The Hall–Kier alpha value is -1.61. The number of benzene rings is 2. The minimum atomic E-state index is -0.190. The minimum Gasteiger partial charge on any atom is -0.343 e. The van der Waals surface area contributed by atoms with E-state index in [1.165, 1.54) is 11.1 Å². The van der Waals surface area contributed by atoms with Crippen LogP contribution in [0.1, 0.15) is 5.56 Å². The zero-order valence-corrected chi connectivity index (χ0v) is 10.8. The summed E-state index contributed by atoms with van der Waals surface area (Å²) in [6.45, 7) is 0.541. The van der Waals surface area contributed by atoms with E-state index >= 15 is 0 Å². The molecule has 0 atom stereocenters. The van der Waals surface area contributed by atoms with E-state index in [9.17, 15) is 4.79 Å². The van der Waals surface area contributed by atoms with Crippen LogP contribution in [0.5, 0.6) is 0 Å². The lowest BCUT2D eigenvalue weighted by atomic mass is 10.0. The van der Waals surface area contributed by atoms with Gasteiger partial charge in [0.15, 0.2) is 0 Å². The molecule has 0 saturated heterocycles. The number of nitrogens with one attached hydrogen (secondary N) is 1. The molecule has 0 saturated carbocycles. The maximum atomic E-state index is 10.7. The number of hydrogen-bond acceptors (Lipinski definition) is 1. The summed E-state index contributed by atoms with van der Waals surface area (Å²) in [5, 5.41) is 2.70. The van der Waals surface area contributed by atoms with Crippen LogP contribution < -0.4 is 5.32 Å². The molecule has 1 amide bonds. The highest BCUT2D eigenvalue weighted by molar-refractivity contribution is 9.18. The molecule has 2 aromatic carbocycles. The molecule has 17 heavy (non-hydrogen) atoms. The molecule has 0 unspecified atom stereocenters. The number of carbonyl (C=O) groups is 1. The molecular weight excluding hydrogens is 278 g/mol. The van der Waals surface area contributed by atoms with Crippen LogP contribution >= 0.6 is 15.9 Å². The Morgan fingerprint density at radius 2 is 1.53 bits per heavy atom. The van der Waals surface area contributed by atoms with Crippen LogP contribution in [0.4, 0.5) is 4.79 Å². The first-order valence-corrected chi connectivity index (χ1v) is 6.13. The van der Waals surface area contributed by atoms with Crippen molar-refractivity contribution in [3.8, 4) is 11.1 Å². The van der Waals surface area contributed by atoms with E-state index in [1.54, 1.807) is 0 Å². The lowest BCUT2D eigenvalue weighted by Crippen LogP contribution is -2.14. The third-order valence-corrected chi connectivity index (χ3v) is 2.77. The molecule has 0 radical (unpaired) electrons. The number of amides is 1. The molecule has 0 heterocycles. The monoisotopic (exact) mass is 289 g/mol. The lowest BCUT2D eigenvalue weighted by molar-refractivity contribution is 0.261. The van der Waals surface area contributed by atoms with Crippen molar-refractivity contribution in [2.45, 2.75) is 6.54 Å². The molecular formula is C14H12BrNO. The van der Waals surface area contributed by atoms with Crippen molar-refractivity contribution in [2.24, 2.45) is 0 Å². The van der Waals surface area contributed by atoms with Gasteiger partial charge in [-0.1, -0.05) is 54.6 Å². The van der Waals surface area contributed by atoms with Crippen molar-refractivity contribution >= 4 is 20.7 Å². The molecule has 0 aliphatic heterocycles. The highest BCUT2D eigenvalue weighted by atomic mass is 79.9. The summed E-state index contributed by atoms with van der Waals surface area (Å²) in [7, 11) is 0. The topological polar surface area (TPSA) is 29.1 Å². The van der Waals surface area contributed by atoms with Gasteiger partial charge in [0.2, 0.25) is 0 Å². The second-order valence-corrected chi connectivity index (χ2v) is 4.41. The van der Waals surface area contributed by atoms with Gasteiger partial charge in [-0.15, -0.1) is 0 Å². The molecule has 86 valence electrons. The summed E-state index contributed by atoms with van der Waals surface area (Å²) in [6.07, 6.45) is 0. The van der Waals surface area contributed by atoms with Gasteiger partial charge in [-0.25, -0.2) is 0 Å². The first kappa shape index (κ1) is 11.9. The summed E-state index contributed by atoms with van der Waals surface area (Å²) in [6, 6.07) is 18.4. The molecule has 3 heteroatoms. The lowest BCUT2D eigenvalue weighted by Gasteiger charge is -2.04. The van der Waals surface area contributed by atoms with Gasteiger partial charge in [-0.05, 0) is 16.7 Å². The molecule has 0 fully saturated rings. The van der Waals surface area contributed by atoms with Gasteiger partial charge < -0.3 is 5.32 Å². The molecule has 0 aliphatic rings. The van der Waals surface area contributed by atoms with Gasteiger partial charge in [0.05, 0.1) is 0 Å². The molecule has 0 aliphatic carbocycles. The van der Waals surface area contributed by atoms with Gasteiger partial charge in [-0.2, -0.15) is 0 Å². The van der Waals surface area contributed by atoms with Crippen molar-refractivity contribution in [1.29, 1.82) is 0 Å². The minimum absolute atomic E-state index is 0.190. The van der Waals surface area contributed by atoms with Gasteiger partial charge in [0.1, 0.15) is 0 Å². The summed E-state index contributed by atoms with van der Waals surface area (Å²) in [5.74, 6) is 0. The molecule has 2 nitrogen and oxygen atoms in total. The van der Waals surface area contributed by atoms with Crippen molar-refractivity contribution in [1.82, 2.24) is 5.32 Å². The Kier molecular flexibility index (Phi) is 3.94. The van der Waals surface area contributed by atoms with Crippen LogP contribution in [0.15, 0.2) is 54.6 Å². The van der Waals surface area contributed by atoms with Crippen LogP contribution in [0.25, 0.3) is 11.1 Å². The highest BCUT2D eigenvalue weighted by Crippen LogP contribution is 2.19. The van der Waals surface area contributed by atoms with E-state index in [-0.39, 0.29) is 4.82 Å². The van der Waals surface area contributed by atoms with E-state index in [0.29, 0.717) is 6.54 Å². The number of hydrogen-bond donors (Lipinski definition) is 1. The highest BCUT2D eigenvalue weighted by Gasteiger charge is 1.98. The van der Waals surface area contributed by atoms with E-state index < -0.39 is 0 Å². The summed E-state index contributed by atoms with van der Waals surface area (Å²) < 4.78 is 0.